The molecule has 1 N–H and O–H groups in total. The Morgan fingerprint density at radius 3 is 1.80 bits per heavy atom. The first kappa shape index (κ1) is 9.96. The smallest absolute Gasteiger partial charge is 0.0517 e. The fourth-order valence-corrected chi connectivity index (χ4v) is 1.25. The summed E-state index contributed by atoms with van der Waals surface area (Å²) < 4.78 is 0. The fraction of sp³-hybridized carbons (Fsp3) is 1.00. The van der Waals surface area contributed by atoms with Gasteiger partial charge in [0.1, 0.15) is 0 Å². The molecule has 0 amide bonds. The lowest BCUT2D eigenvalue weighted by Gasteiger charge is -2.27. The zero-order valence-electron chi connectivity index (χ0n) is 7.65. The molecule has 0 aromatic carbocycles. The van der Waals surface area contributed by atoms with Gasteiger partial charge < -0.3 is 5.11 Å². The summed E-state index contributed by atoms with van der Waals surface area (Å²) in [6, 6.07) is 0. The first-order valence-electron chi connectivity index (χ1n) is 4.22. The van der Waals surface area contributed by atoms with Crippen LogP contribution in [-0.2, 0) is 0 Å². The van der Waals surface area contributed by atoms with E-state index in [1.165, 1.54) is 0 Å². The zero-order valence-corrected chi connectivity index (χ0v) is 7.65. The predicted molar refractivity (Wildman–Crippen MR) is 45.0 cm³/mol. The Kier molecular flexibility index (Phi) is 3.95. The molecule has 0 fully saturated rings. The van der Waals surface area contributed by atoms with Crippen LogP contribution in [0.5, 0.6) is 0 Å². The SMILES string of the molecule is CCC(C)(CC)C[C@@H](C)O. The normalized spacial score (nSPS) is 15.3. The first-order valence-corrected chi connectivity index (χ1v) is 4.22. The number of rotatable bonds is 4. The lowest BCUT2D eigenvalue weighted by atomic mass is 9.80. The molecule has 0 aliphatic heterocycles. The maximum atomic E-state index is 9.15. The van der Waals surface area contributed by atoms with Crippen LogP contribution in [0.4, 0.5) is 0 Å². The van der Waals surface area contributed by atoms with Gasteiger partial charge >= 0.3 is 0 Å². The third-order valence-corrected chi connectivity index (χ3v) is 2.50. The second kappa shape index (κ2) is 3.97. The van der Waals surface area contributed by atoms with E-state index >= 15 is 0 Å². The molecule has 0 rings (SSSR count). The van der Waals surface area contributed by atoms with Gasteiger partial charge in [0.15, 0.2) is 0 Å². The summed E-state index contributed by atoms with van der Waals surface area (Å²) in [5, 5.41) is 9.15. The molecule has 1 atom stereocenters. The third-order valence-electron chi connectivity index (χ3n) is 2.50. The average molecular weight is 144 g/mol. The van der Waals surface area contributed by atoms with E-state index in [0.717, 1.165) is 19.3 Å². The van der Waals surface area contributed by atoms with Crippen LogP contribution in [0.3, 0.4) is 0 Å². The van der Waals surface area contributed by atoms with Crippen LogP contribution >= 0.6 is 0 Å². The molecule has 0 saturated carbocycles. The Morgan fingerprint density at radius 2 is 1.70 bits per heavy atom. The Bertz CT molecular complexity index is 82.7. The second-order valence-corrected chi connectivity index (χ2v) is 3.57. The predicted octanol–water partition coefficient (Wildman–Crippen LogP) is 2.58. The molecular formula is C9H20O. The fourth-order valence-electron chi connectivity index (χ4n) is 1.25. The van der Waals surface area contributed by atoms with Gasteiger partial charge in [0, 0.05) is 0 Å². The maximum Gasteiger partial charge on any atom is 0.0517 e. The molecule has 0 aliphatic rings. The van der Waals surface area contributed by atoms with Crippen molar-refractivity contribution in [2.45, 2.75) is 53.1 Å². The minimum absolute atomic E-state index is 0.148. The highest BCUT2D eigenvalue weighted by atomic mass is 16.3. The molecule has 0 aromatic rings. The van der Waals surface area contributed by atoms with E-state index in [-0.39, 0.29) is 6.10 Å². The van der Waals surface area contributed by atoms with Crippen LogP contribution in [-0.4, -0.2) is 11.2 Å². The molecule has 0 heterocycles. The molecule has 0 aliphatic carbocycles. The van der Waals surface area contributed by atoms with Crippen LogP contribution < -0.4 is 0 Å². The largest absolute Gasteiger partial charge is 0.393 e. The van der Waals surface area contributed by atoms with E-state index in [1.54, 1.807) is 0 Å². The lowest BCUT2D eigenvalue weighted by Crippen LogP contribution is -2.20. The van der Waals surface area contributed by atoms with Gasteiger partial charge in [-0.2, -0.15) is 0 Å². The monoisotopic (exact) mass is 144 g/mol. The van der Waals surface area contributed by atoms with Crippen molar-refractivity contribution in [3.05, 3.63) is 0 Å². The van der Waals surface area contributed by atoms with Gasteiger partial charge in [-0.3, -0.25) is 0 Å². The first-order chi connectivity index (χ1) is 4.54. The Morgan fingerprint density at radius 1 is 1.30 bits per heavy atom. The molecule has 0 radical (unpaired) electrons. The van der Waals surface area contributed by atoms with E-state index in [1.807, 2.05) is 6.92 Å². The molecule has 1 heteroatoms. The van der Waals surface area contributed by atoms with Crippen LogP contribution in [0.2, 0.25) is 0 Å². The van der Waals surface area contributed by atoms with Crippen molar-refractivity contribution >= 4 is 0 Å². The molecule has 0 unspecified atom stereocenters. The Labute approximate surface area is 64.5 Å². The van der Waals surface area contributed by atoms with Gasteiger partial charge in [-0.1, -0.05) is 33.6 Å². The summed E-state index contributed by atoms with van der Waals surface area (Å²) in [5.74, 6) is 0. The summed E-state index contributed by atoms with van der Waals surface area (Å²) in [6.45, 7) is 8.47. The maximum absolute atomic E-state index is 9.15. The Balaban J connectivity index is 3.80. The summed E-state index contributed by atoms with van der Waals surface area (Å²) in [6.07, 6.45) is 3.10. The lowest BCUT2D eigenvalue weighted by molar-refractivity contribution is 0.114. The summed E-state index contributed by atoms with van der Waals surface area (Å²) in [4.78, 5) is 0. The second-order valence-electron chi connectivity index (χ2n) is 3.57. The highest BCUT2D eigenvalue weighted by Gasteiger charge is 2.21. The van der Waals surface area contributed by atoms with Gasteiger partial charge in [0.2, 0.25) is 0 Å². The summed E-state index contributed by atoms with van der Waals surface area (Å²) in [7, 11) is 0. The molecular weight excluding hydrogens is 124 g/mol. The van der Waals surface area contributed by atoms with Crippen molar-refractivity contribution in [3.8, 4) is 0 Å². The Hall–Kier alpha value is -0.0400. The van der Waals surface area contributed by atoms with Gasteiger partial charge in [-0.25, -0.2) is 0 Å². The quantitative estimate of drug-likeness (QED) is 0.643. The zero-order chi connectivity index (χ0) is 8.20. The minimum atomic E-state index is -0.148. The topological polar surface area (TPSA) is 20.2 Å². The van der Waals surface area contributed by atoms with E-state index in [9.17, 15) is 0 Å². The molecule has 0 saturated heterocycles. The highest BCUT2D eigenvalue weighted by Crippen LogP contribution is 2.30. The van der Waals surface area contributed by atoms with E-state index < -0.39 is 0 Å². The van der Waals surface area contributed by atoms with E-state index in [4.69, 9.17) is 5.11 Å². The van der Waals surface area contributed by atoms with Crippen molar-refractivity contribution < 1.29 is 5.11 Å². The van der Waals surface area contributed by atoms with E-state index in [2.05, 4.69) is 20.8 Å². The minimum Gasteiger partial charge on any atom is -0.393 e. The van der Waals surface area contributed by atoms with Gasteiger partial charge in [0.25, 0.3) is 0 Å². The highest BCUT2D eigenvalue weighted by molar-refractivity contribution is 4.72. The van der Waals surface area contributed by atoms with Crippen LogP contribution in [0, 0.1) is 5.41 Å². The van der Waals surface area contributed by atoms with Crippen molar-refractivity contribution in [2.24, 2.45) is 5.41 Å². The van der Waals surface area contributed by atoms with Gasteiger partial charge in [-0.05, 0) is 18.8 Å². The molecule has 0 spiro atoms. The van der Waals surface area contributed by atoms with Crippen molar-refractivity contribution in [1.82, 2.24) is 0 Å². The summed E-state index contributed by atoms with van der Waals surface area (Å²) in [5.41, 5.74) is 0.355. The molecule has 10 heavy (non-hydrogen) atoms. The average Bonchev–Trinajstić information content (AvgIpc) is 1.87. The third kappa shape index (κ3) is 3.21. The molecule has 0 bridgehead atoms. The van der Waals surface area contributed by atoms with Crippen molar-refractivity contribution in [2.75, 3.05) is 0 Å². The standard InChI is InChI=1S/C9H20O/c1-5-9(4,6-2)7-8(3)10/h8,10H,5-7H2,1-4H3/t8-/m1/s1. The number of aliphatic hydroxyl groups excluding tert-OH is 1. The van der Waals surface area contributed by atoms with Gasteiger partial charge in [-0.15, -0.1) is 0 Å². The van der Waals surface area contributed by atoms with Crippen LogP contribution in [0.25, 0.3) is 0 Å². The van der Waals surface area contributed by atoms with Crippen LogP contribution in [0.1, 0.15) is 47.0 Å². The molecule has 1 nitrogen and oxygen atoms in total. The number of hydrogen-bond donors (Lipinski definition) is 1. The summed E-state index contributed by atoms with van der Waals surface area (Å²) >= 11 is 0. The van der Waals surface area contributed by atoms with E-state index in [0.29, 0.717) is 5.41 Å². The van der Waals surface area contributed by atoms with Crippen molar-refractivity contribution in [3.63, 3.8) is 0 Å². The van der Waals surface area contributed by atoms with Crippen molar-refractivity contribution in [1.29, 1.82) is 0 Å². The number of aliphatic hydroxyl groups is 1. The molecule has 0 aromatic heterocycles. The van der Waals surface area contributed by atoms with Gasteiger partial charge in [0.05, 0.1) is 6.10 Å². The van der Waals surface area contributed by atoms with Crippen LogP contribution in [0.15, 0.2) is 0 Å². The molecule has 62 valence electrons. The number of hydrogen-bond acceptors (Lipinski definition) is 1.